The number of methoxy groups -OCH3 is 1. The number of fused-ring (bicyclic) bond motifs is 1. The van der Waals surface area contributed by atoms with Gasteiger partial charge in [-0.1, -0.05) is 0 Å². The monoisotopic (exact) mass is 317 g/mol. The topological polar surface area (TPSA) is 50.5 Å². The Morgan fingerprint density at radius 2 is 1.91 bits per heavy atom. The molecule has 23 heavy (non-hydrogen) atoms. The van der Waals surface area contributed by atoms with E-state index in [0.717, 1.165) is 37.0 Å². The first kappa shape index (κ1) is 16.4. The Morgan fingerprint density at radius 3 is 2.61 bits per heavy atom. The molecule has 1 aromatic heterocycles. The van der Waals surface area contributed by atoms with Gasteiger partial charge in [0, 0.05) is 26.7 Å². The maximum atomic E-state index is 10.5. The zero-order valence-electron chi connectivity index (χ0n) is 14.3. The van der Waals surface area contributed by atoms with Crippen LogP contribution in [-0.4, -0.2) is 58.5 Å². The first-order chi connectivity index (χ1) is 11.1. The van der Waals surface area contributed by atoms with Crippen molar-refractivity contribution in [3.63, 3.8) is 0 Å². The predicted molar refractivity (Wildman–Crippen MR) is 91.7 cm³/mol. The molecule has 0 spiro atoms. The molecule has 0 bridgehead atoms. The summed E-state index contributed by atoms with van der Waals surface area (Å²) in [5.41, 5.74) is 4.62. The number of β-amino-alcohol motifs (C(OH)–C–C–N with tert-alkyl or cyclic N) is 1. The minimum absolute atomic E-state index is 0.381. The van der Waals surface area contributed by atoms with Crippen LogP contribution in [0.2, 0.25) is 0 Å². The van der Waals surface area contributed by atoms with E-state index in [2.05, 4.69) is 40.4 Å². The molecule has 1 atom stereocenters. The highest BCUT2D eigenvalue weighted by Gasteiger charge is 2.21. The number of aromatic nitrogens is 2. The van der Waals surface area contributed by atoms with Crippen molar-refractivity contribution in [2.75, 3.05) is 26.7 Å². The molecule has 2 heterocycles. The van der Waals surface area contributed by atoms with Crippen molar-refractivity contribution in [2.24, 2.45) is 0 Å². The molecular formula is C18H27N3O2. The van der Waals surface area contributed by atoms with E-state index in [1.807, 2.05) is 6.33 Å². The Kier molecular flexibility index (Phi) is 4.99. The van der Waals surface area contributed by atoms with Crippen molar-refractivity contribution >= 4 is 11.0 Å². The molecule has 1 saturated heterocycles. The van der Waals surface area contributed by atoms with Crippen LogP contribution in [0.25, 0.3) is 11.0 Å². The van der Waals surface area contributed by atoms with Gasteiger partial charge in [-0.25, -0.2) is 4.98 Å². The van der Waals surface area contributed by atoms with Gasteiger partial charge >= 0.3 is 0 Å². The lowest BCUT2D eigenvalue weighted by atomic mass is 10.1. The third-order valence-corrected chi connectivity index (χ3v) is 4.98. The Bertz CT molecular complexity index is 660. The molecule has 3 rings (SSSR count). The number of piperidine rings is 1. The lowest BCUT2D eigenvalue weighted by Crippen LogP contribution is -2.41. The van der Waals surface area contributed by atoms with E-state index in [-0.39, 0.29) is 6.10 Å². The molecule has 0 amide bonds. The number of aryl methyl sites for hydroxylation is 2. The van der Waals surface area contributed by atoms with Crippen molar-refractivity contribution in [1.29, 1.82) is 0 Å². The summed E-state index contributed by atoms with van der Waals surface area (Å²) in [6.07, 6.45) is 3.94. The minimum Gasteiger partial charge on any atom is -0.390 e. The number of ether oxygens (including phenoxy) is 1. The number of nitrogens with zero attached hydrogens (tertiary/aromatic N) is 3. The maximum Gasteiger partial charge on any atom is 0.0959 e. The summed E-state index contributed by atoms with van der Waals surface area (Å²) >= 11 is 0. The molecule has 0 aliphatic carbocycles. The van der Waals surface area contributed by atoms with Gasteiger partial charge < -0.3 is 19.3 Å². The van der Waals surface area contributed by atoms with E-state index >= 15 is 0 Å². The van der Waals surface area contributed by atoms with E-state index in [9.17, 15) is 5.11 Å². The number of likely N-dealkylation sites (tertiary alicyclic amines) is 1. The van der Waals surface area contributed by atoms with Gasteiger partial charge in [0.25, 0.3) is 0 Å². The summed E-state index contributed by atoms with van der Waals surface area (Å²) in [5, 5.41) is 10.5. The molecule has 0 saturated carbocycles. The average molecular weight is 317 g/mol. The second-order valence-electron chi connectivity index (χ2n) is 6.71. The third-order valence-electron chi connectivity index (χ3n) is 4.98. The van der Waals surface area contributed by atoms with Crippen LogP contribution >= 0.6 is 0 Å². The molecule has 1 N–H and O–H groups in total. The van der Waals surface area contributed by atoms with Crippen LogP contribution in [0.1, 0.15) is 24.0 Å². The zero-order valence-corrected chi connectivity index (χ0v) is 14.3. The first-order valence-electron chi connectivity index (χ1n) is 8.42. The Labute approximate surface area is 137 Å². The Balaban J connectivity index is 1.62. The maximum absolute atomic E-state index is 10.5. The number of aliphatic hydroxyl groups excluding tert-OH is 1. The van der Waals surface area contributed by atoms with Crippen LogP contribution in [-0.2, 0) is 11.3 Å². The van der Waals surface area contributed by atoms with Crippen LogP contribution < -0.4 is 0 Å². The first-order valence-corrected chi connectivity index (χ1v) is 8.42. The molecular weight excluding hydrogens is 290 g/mol. The highest BCUT2D eigenvalue weighted by molar-refractivity contribution is 5.77. The van der Waals surface area contributed by atoms with Gasteiger partial charge in [-0.15, -0.1) is 0 Å². The summed E-state index contributed by atoms with van der Waals surface area (Å²) in [6, 6.07) is 4.28. The van der Waals surface area contributed by atoms with Crippen LogP contribution in [0.3, 0.4) is 0 Å². The van der Waals surface area contributed by atoms with Crippen molar-refractivity contribution < 1.29 is 9.84 Å². The largest absolute Gasteiger partial charge is 0.390 e. The fourth-order valence-electron chi connectivity index (χ4n) is 3.37. The molecule has 1 fully saturated rings. The molecule has 2 aromatic rings. The standard InChI is InChI=1S/C18H27N3O2/c1-13-8-17-18(9-14(13)2)21(12-19-17)11-15(22)10-20-6-4-16(23-3)5-7-20/h8-9,12,15-16,22H,4-7,10-11H2,1-3H3/t15-/m0/s1. The minimum atomic E-state index is -0.381. The molecule has 5 nitrogen and oxygen atoms in total. The van der Waals surface area contributed by atoms with Gasteiger partial charge in [-0.05, 0) is 49.9 Å². The predicted octanol–water partition coefficient (Wildman–Crippen LogP) is 2.12. The summed E-state index contributed by atoms with van der Waals surface area (Å²) in [6.45, 7) is 7.51. The number of aliphatic hydroxyl groups is 1. The van der Waals surface area contributed by atoms with Crippen molar-refractivity contribution in [3.8, 4) is 0 Å². The van der Waals surface area contributed by atoms with Gasteiger partial charge in [0.05, 0.1) is 36.1 Å². The molecule has 1 aliphatic rings. The highest BCUT2D eigenvalue weighted by atomic mass is 16.5. The lowest BCUT2D eigenvalue weighted by molar-refractivity contribution is 0.0219. The fraction of sp³-hybridized carbons (Fsp3) is 0.611. The van der Waals surface area contributed by atoms with Gasteiger partial charge in [-0.3, -0.25) is 0 Å². The molecule has 1 aliphatic heterocycles. The lowest BCUT2D eigenvalue weighted by Gasteiger charge is -2.32. The van der Waals surface area contributed by atoms with E-state index in [0.29, 0.717) is 19.2 Å². The molecule has 0 unspecified atom stereocenters. The van der Waals surface area contributed by atoms with Gasteiger partial charge in [0.2, 0.25) is 0 Å². The highest BCUT2D eigenvalue weighted by Crippen LogP contribution is 2.19. The van der Waals surface area contributed by atoms with Crippen molar-refractivity contribution in [1.82, 2.24) is 14.5 Å². The Morgan fingerprint density at radius 1 is 1.22 bits per heavy atom. The van der Waals surface area contributed by atoms with Crippen LogP contribution in [0.4, 0.5) is 0 Å². The summed E-state index contributed by atoms with van der Waals surface area (Å²) in [4.78, 5) is 6.79. The van der Waals surface area contributed by atoms with Crippen LogP contribution in [0, 0.1) is 13.8 Å². The summed E-state index contributed by atoms with van der Waals surface area (Å²) < 4.78 is 7.46. The quantitative estimate of drug-likeness (QED) is 0.918. The summed E-state index contributed by atoms with van der Waals surface area (Å²) in [7, 11) is 1.78. The molecule has 126 valence electrons. The number of imidazole rings is 1. The number of rotatable bonds is 5. The van der Waals surface area contributed by atoms with E-state index in [1.54, 1.807) is 7.11 Å². The number of benzene rings is 1. The molecule has 5 heteroatoms. The van der Waals surface area contributed by atoms with E-state index in [4.69, 9.17) is 4.74 Å². The normalized spacial score (nSPS) is 18.6. The van der Waals surface area contributed by atoms with E-state index in [1.165, 1.54) is 11.1 Å². The van der Waals surface area contributed by atoms with E-state index < -0.39 is 0 Å². The second-order valence-corrected chi connectivity index (χ2v) is 6.71. The van der Waals surface area contributed by atoms with Crippen molar-refractivity contribution in [2.45, 2.75) is 45.4 Å². The van der Waals surface area contributed by atoms with Crippen molar-refractivity contribution in [3.05, 3.63) is 29.6 Å². The smallest absolute Gasteiger partial charge is 0.0959 e. The number of hydrogen-bond donors (Lipinski definition) is 1. The SMILES string of the molecule is COC1CCN(C[C@H](O)Cn2cnc3cc(C)c(C)cc32)CC1. The second kappa shape index (κ2) is 6.99. The third kappa shape index (κ3) is 3.74. The number of hydrogen-bond acceptors (Lipinski definition) is 4. The van der Waals surface area contributed by atoms with Gasteiger partial charge in [-0.2, -0.15) is 0 Å². The van der Waals surface area contributed by atoms with Crippen LogP contribution in [0.5, 0.6) is 0 Å². The van der Waals surface area contributed by atoms with Gasteiger partial charge in [0.1, 0.15) is 0 Å². The molecule has 1 aromatic carbocycles. The summed E-state index contributed by atoms with van der Waals surface area (Å²) in [5.74, 6) is 0. The average Bonchev–Trinajstić information content (AvgIpc) is 2.90. The van der Waals surface area contributed by atoms with Crippen LogP contribution in [0.15, 0.2) is 18.5 Å². The Hall–Kier alpha value is -1.43. The zero-order chi connectivity index (χ0) is 16.4. The van der Waals surface area contributed by atoms with Gasteiger partial charge in [0.15, 0.2) is 0 Å². The molecule has 0 radical (unpaired) electrons. The fourth-order valence-corrected chi connectivity index (χ4v) is 3.37.